The van der Waals surface area contributed by atoms with Crippen molar-refractivity contribution in [1.82, 2.24) is 14.8 Å². The Morgan fingerprint density at radius 3 is 2.93 bits per heavy atom. The van der Waals surface area contributed by atoms with Crippen molar-refractivity contribution in [3.05, 3.63) is 11.6 Å². The second-order valence-electron chi connectivity index (χ2n) is 3.47. The lowest BCUT2D eigenvalue weighted by molar-refractivity contribution is 0.126. The lowest BCUT2D eigenvalue weighted by atomic mass is 10.0. The summed E-state index contributed by atoms with van der Waals surface area (Å²) in [5.74, 6) is 0.374. The molecule has 1 aromatic rings. The molecule has 1 N–H and O–H groups in total. The minimum Gasteiger partial charge on any atom is -0.396 e. The maximum absolute atomic E-state index is 12.4. The second-order valence-corrected chi connectivity index (χ2v) is 3.47. The quantitative estimate of drug-likeness (QED) is 0.772. The third-order valence-corrected chi connectivity index (χ3v) is 2.53. The fraction of sp³-hybridized carbons (Fsp3) is 0.750. The molecule has 1 aromatic heterocycles. The van der Waals surface area contributed by atoms with Gasteiger partial charge in [0.05, 0.1) is 0 Å². The molecule has 2 heterocycles. The number of aromatic nitrogens is 3. The molecule has 0 saturated heterocycles. The van der Waals surface area contributed by atoms with Gasteiger partial charge in [-0.25, -0.2) is 8.78 Å². The summed E-state index contributed by atoms with van der Waals surface area (Å²) in [7, 11) is 0. The summed E-state index contributed by atoms with van der Waals surface area (Å²) in [6, 6.07) is 0. The van der Waals surface area contributed by atoms with Crippen LogP contribution in [-0.2, 0) is 13.0 Å². The molecule has 0 spiro atoms. The molecular weight excluding hydrogens is 192 g/mol. The maximum Gasteiger partial charge on any atom is 0.297 e. The van der Waals surface area contributed by atoms with Crippen LogP contribution < -0.4 is 0 Å². The van der Waals surface area contributed by atoms with Crippen molar-refractivity contribution >= 4 is 0 Å². The Morgan fingerprint density at radius 1 is 1.50 bits per heavy atom. The Morgan fingerprint density at radius 2 is 2.29 bits per heavy atom. The van der Waals surface area contributed by atoms with Crippen LogP contribution in [0.3, 0.4) is 0 Å². The number of aliphatic hydroxyl groups excluding tert-OH is 1. The highest BCUT2D eigenvalue weighted by Gasteiger charge is 2.25. The number of aryl methyl sites for hydroxylation is 1. The van der Waals surface area contributed by atoms with E-state index in [0.29, 0.717) is 18.8 Å². The minimum atomic E-state index is -2.59. The van der Waals surface area contributed by atoms with Crippen molar-refractivity contribution in [3.8, 4) is 0 Å². The fourth-order valence-electron chi connectivity index (χ4n) is 1.73. The standard InChI is InChI=1S/C8H11F2N3O/c9-7(10)8-12-11-6-2-1-5(4-14)3-13(6)8/h5,7,14H,1-4H2. The Hall–Kier alpha value is -1.04. The Bertz CT molecular complexity index is 326. The van der Waals surface area contributed by atoms with Crippen molar-refractivity contribution in [2.24, 2.45) is 5.92 Å². The first-order valence-corrected chi connectivity index (χ1v) is 4.53. The van der Waals surface area contributed by atoms with Crippen molar-refractivity contribution < 1.29 is 13.9 Å². The van der Waals surface area contributed by atoms with E-state index < -0.39 is 6.43 Å². The van der Waals surface area contributed by atoms with E-state index in [1.54, 1.807) is 0 Å². The minimum absolute atomic E-state index is 0.0281. The van der Waals surface area contributed by atoms with Gasteiger partial charge in [0.1, 0.15) is 5.82 Å². The van der Waals surface area contributed by atoms with Gasteiger partial charge in [0.2, 0.25) is 0 Å². The van der Waals surface area contributed by atoms with Crippen LogP contribution in [0, 0.1) is 5.92 Å². The van der Waals surface area contributed by atoms with E-state index in [1.807, 2.05) is 0 Å². The van der Waals surface area contributed by atoms with Gasteiger partial charge in [0.15, 0.2) is 5.82 Å². The third-order valence-electron chi connectivity index (χ3n) is 2.53. The topological polar surface area (TPSA) is 50.9 Å². The number of hydrogen-bond acceptors (Lipinski definition) is 3. The first-order valence-electron chi connectivity index (χ1n) is 4.53. The van der Waals surface area contributed by atoms with E-state index in [2.05, 4.69) is 10.2 Å². The third kappa shape index (κ3) is 1.50. The van der Waals surface area contributed by atoms with Gasteiger partial charge in [0, 0.05) is 25.5 Å². The Labute approximate surface area is 79.6 Å². The van der Waals surface area contributed by atoms with Crippen molar-refractivity contribution in [1.29, 1.82) is 0 Å². The zero-order valence-corrected chi connectivity index (χ0v) is 7.53. The number of fused-ring (bicyclic) bond motifs is 1. The molecule has 0 amide bonds. The number of rotatable bonds is 2. The largest absolute Gasteiger partial charge is 0.396 e. The average Bonchev–Trinajstić information content (AvgIpc) is 2.59. The Kier molecular flexibility index (Phi) is 2.45. The molecule has 0 fully saturated rings. The summed E-state index contributed by atoms with van der Waals surface area (Å²) >= 11 is 0. The molecule has 0 radical (unpaired) electrons. The van der Waals surface area contributed by atoms with Crippen molar-refractivity contribution in [2.45, 2.75) is 25.8 Å². The van der Waals surface area contributed by atoms with Crippen LogP contribution >= 0.6 is 0 Å². The van der Waals surface area contributed by atoms with Crippen LogP contribution in [0.15, 0.2) is 0 Å². The van der Waals surface area contributed by atoms with Gasteiger partial charge in [-0.15, -0.1) is 10.2 Å². The normalized spacial score (nSPS) is 21.3. The monoisotopic (exact) mass is 203 g/mol. The van der Waals surface area contributed by atoms with Gasteiger partial charge < -0.3 is 9.67 Å². The molecule has 0 aromatic carbocycles. The summed E-state index contributed by atoms with van der Waals surface area (Å²) in [6.07, 6.45) is -1.18. The Balaban J connectivity index is 2.28. The fourth-order valence-corrected chi connectivity index (χ4v) is 1.73. The van der Waals surface area contributed by atoms with E-state index in [1.165, 1.54) is 4.57 Å². The van der Waals surface area contributed by atoms with E-state index in [0.717, 1.165) is 6.42 Å². The van der Waals surface area contributed by atoms with Crippen LogP contribution in [0.5, 0.6) is 0 Å². The summed E-state index contributed by atoms with van der Waals surface area (Å²) in [5, 5.41) is 16.1. The zero-order valence-electron chi connectivity index (χ0n) is 7.53. The predicted molar refractivity (Wildman–Crippen MR) is 43.9 cm³/mol. The molecule has 0 bridgehead atoms. The van der Waals surface area contributed by atoms with Gasteiger partial charge in [-0.05, 0) is 6.42 Å². The van der Waals surface area contributed by atoms with Gasteiger partial charge in [-0.1, -0.05) is 0 Å². The molecule has 6 heteroatoms. The summed E-state index contributed by atoms with van der Waals surface area (Å²) in [6.45, 7) is 0.429. The van der Waals surface area contributed by atoms with E-state index >= 15 is 0 Å². The predicted octanol–water partition coefficient (Wildman–Crippen LogP) is 0.770. The highest BCUT2D eigenvalue weighted by molar-refractivity contribution is 5.00. The van der Waals surface area contributed by atoms with Gasteiger partial charge in [0.25, 0.3) is 6.43 Å². The van der Waals surface area contributed by atoms with Crippen LogP contribution in [-0.4, -0.2) is 26.5 Å². The molecular formula is C8H11F2N3O. The molecule has 1 aliphatic rings. The first kappa shape index (κ1) is 9.51. The number of halogens is 2. The zero-order chi connectivity index (χ0) is 10.1. The molecule has 4 nitrogen and oxygen atoms in total. The SMILES string of the molecule is OCC1CCc2nnc(C(F)F)n2C1. The summed E-state index contributed by atoms with van der Waals surface area (Å²) < 4.78 is 26.3. The molecule has 0 aliphatic carbocycles. The maximum atomic E-state index is 12.4. The van der Waals surface area contributed by atoms with E-state index in [9.17, 15) is 8.78 Å². The first-order chi connectivity index (χ1) is 6.72. The van der Waals surface area contributed by atoms with E-state index in [-0.39, 0.29) is 18.3 Å². The molecule has 1 aliphatic heterocycles. The molecule has 78 valence electrons. The smallest absolute Gasteiger partial charge is 0.297 e. The number of alkyl halides is 2. The molecule has 0 saturated carbocycles. The van der Waals surface area contributed by atoms with Crippen LogP contribution in [0.4, 0.5) is 8.78 Å². The highest BCUT2D eigenvalue weighted by atomic mass is 19.3. The van der Waals surface area contributed by atoms with Crippen molar-refractivity contribution in [3.63, 3.8) is 0 Å². The number of hydrogen-bond donors (Lipinski definition) is 1. The molecule has 1 atom stereocenters. The van der Waals surface area contributed by atoms with Gasteiger partial charge in [-0.3, -0.25) is 0 Å². The van der Waals surface area contributed by atoms with Gasteiger partial charge >= 0.3 is 0 Å². The van der Waals surface area contributed by atoms with Crippen LogP contribution in [0.1, 0.15) is 24.5 Å². The second kappa shape index (κ2) is 3.61. The van der Waals surface area contributed by atoms with Gasteiger partial charge in [-0.2, -0.15) is 0 Å². The van der Waals surface area contributed by atoms with Crippen LogP contribution in [0.2, 0.25) is 0 Å². The average molecular weight is 203 g/mol. The lowest BCUT2D eigenvalue weighted by Gasteiger charge is -2.22. The van der Waals surface area contributed by atoms with Crippen LogP contribution in [0.25, 0.3) is 0 Å². The summed E-state index contributed by atoms with van der Waals surface area (Å²) in [4.78, 5) is 0. The molecule has 2 rings (SSSR count). The number of nitrogens with zero attached hydrogens (tertiary/aromatic N) is 3. The molecule has 1 unspecified atom stereocenters. The highest BCUT2D eigenvalue weighted by Crippen LogP contribution is 2.24. The van der Waals surface area contributed by atoms with E-state index in [4.69, 9.17) is 5.11 Å². The summed E-state index contributed by atoms with van der Waals surface area (Å²) in [5.41, 5.74) is 0. The molecule has 14 heavy (non-hydrogen) atoms. The van der Waals surface area contributed by atoms with Crippen molar-refractivity contribution in [2.75, 3.05) is 6.61 Å². The lowest BCUT2D eigenvalue weighted by Crippen LogP contribution is -2.24. The number of aliphatic hydroxyl groups is 1.